The zero-order valence-electron chi connectivity index (χ0n) is 10.1. The monoisotopic (exact) mass is 268 g/mol. The Hall–Kier alpha value is -3.16. The number of amides is 1. The molecule has 0 aromatic carbocycles. The topological polar surface area (TPSA) is 107 Å². The fourth-order valence-electron chi connectivity index (χ4n) is 1.46. The van der Waals surface area contributed by atoms with E-state index in [1.807, 2.05) is 0 Å². The molecule has 3 aromatic rings. The molecule has 0 radical (unpaired) electrons. The second-order valence-electron chi connectivity index (χ2n) is 3.71. The summed E-state index contributed by atoms with van der Waals surface area (Å²) in [4.78, 5) is 27.6. The van der Waals surface area contributed by atoms with Crippen molar-refractivity contribution in [2.75, 3.05) is 5.32 Å². The molecule has 98 valence electrons. The minimum absolute atomic E-state index is 0.158. The Balaban J connectivity index is 1.79. The van der Waals surface area contributed by atoms with Crippen LogP contribution in [0.5, 0.6) is 0 Å². The van der Waals surface area contributed by atoms with Gasteiger partial charge in [0.1, 0.15) is 5.69 Å². The predicted molar refractivity (Wildman–Crippen MR) is 67.5 cm³/mol. The first-order chi connectivity index (χ1) is 9.83. The van der Waals surface area contributed by atoms with E-state index in [1.54, 1.807) is 18.3 Å². The van der Waals surface area contributed by atoms with E-state index in [0.717, 1.165) is 0 Å². The van der Waals surface area contributed by atoms with E-state index in [4.69, 9.17) is 4.52 Å². The molecule has 1 amide bonds. The molecule has 0 spiro atoms. The van der Waals surface area contributed by atoms with E-state index in [-0.39, 0.29) is 11.7 Å². The molecule has 0 atom stereocenters. The Morgan fingerprint density at radius 3 is 2.80 bits per heavy atom. The molecule has 0 bridgehead atoms. The first-order valence-electron chi connectivity index (χ1n) is 5.64. The van der Waals surface area contributed by atoms with Crippen molar-refractivity contribution in [3.63, 3.8) is 0 Å². The molecular formula is C12H8N6O2. The Morgan fingerprint density at radius 1 is 1.15 bits per heavy atom. The average molecular weight is 268 g/mol. The Morgan fingerprint density at radius 2 is 2.05 bits per heavy atom. The lowest BCUT2D eigenvalue weighted by Gasteiger charge is -1.99. The number of hydrogen-bond acceptors (Lipinski definition) is 7. The summed E-state index contributed by atoms with van der Waals surface area (Å²) in [7, 11) is 0. The molecule has 0 aliphatic heterocycles. The molecular weight excluding hydrogens is 260 g/mol. The highest BCUT2D eigenvalue weighted by molar-refractivity contribution is 6.00. The van der Waals surface area contributed by atoms with Gasteiger partial charge in [0, 0.05) is 18.6 Å². The SMILES string of the molecule is O=C(Nc1cccnc1)c1nc(-c2cnccn2)no1. The summed E-state index contributed by atoms with van der Waals surface area (Å²) >= 11 is 0. The van der Waals surface area contributed by atoms with Gasteiger partial charge in [0.05, 0.1) is 18.1 Å². The van der Waals surface area contributed by atoms with Gasteiger partial charge in [0.2, 0.25) is 5.82 Å². The maximum atomic E-state index is 11.9. The van der Waals surface area contributed by atoms with Crippen LogP contribution < -0.4 is 5.32 Å². The number of pyridine rings is 1. The highest BCUT2D eigenvalue weighted by Crippen LogP contribution is 2.12. The molecule has 8 heteroatoms. The minimum atomic E-state index is -0.513. The van der Waals surface area contributed by atoms with Crippen LogP contribution in [0.4, 0.5) is 5.69 Å². The second kappa shape index (κ2) is 5.22. The van der Waals surface area contributed by atoms with Crippen molar-refractivity contribution in [2.24, 2.45) is 0 Å². The lowest BCUT2D eigenvalue weighted by Crippen LogP contribution is -2.12. The van der Waals surface area contributed by atoms with E-state index in [2.05, 4.69) is 30.4 Å². The maximum Gasteiger partial charge on any atom is 0.316 e. The number of nitrogens with zero attached hydrogens (tertiary/aromatic N) is 5. The molecule has 8 nitrogen and oxygen atoms in total. The minimum Gasteiger partial charge on any atom is -0.328 e. The van der Waals surface area contributed by atoms with Crippen LogP contribution in [0.2, 0.25) is 0 Å². The van der Waals surface area contributed by atoms with Crippen molar-refractivity contribution < 1.29 is 9.32 Å². The summed E-state index contributed by atoms with van der Waals surface area (Å²) in [6.07, 6.45) is 7.63. The van der Waals surface area contributed by atoms with Crippen molar-refractivity contribution in [1.82, 2.24) is 25.1 Å². The van der Waals surface area contributed by atoms with Gasteiger partial charge in [-0.3, -0.25) is 14.8 Å². The Labute approximate surface area is 112 Å². The maximum absolute atomic E-state index is 11.9. The van der Waals surface area contributed by atoms with Crippen LogP contribution in [0.25, 0.3) is 11.5 Å². The van der Waals surface area contributed by atoms with Gasteiger partial charge >= 0.3 is 11.8 Å². The fourth-order valence-corrected chi connectivity index (χ4v) is 1.46. The predicted octanol–water partition coefficient (Wildman–Crippen LogP) is 1.17. The van der Waals surface area contributed by atoms with Gasteiger partial charge in [-0.05, 0) is 12.1 Å². The highest BCUT2D eigenvalue weighted by atomic mass is 16.5. The first kappa shape index (κ1) is 11.9. The number of anilines is 1. The molecule has 3 heterocycles. The molecule has 0 aliphatic carbocycles. The van der Waals surface area contributed by atoms with Crippen LogP contribution in [-0.2, 0) is 0 Å². The van der Waals surface area contributed by atoms with Crippen molar-refractivity contribution >= 4 is 11.6 Å². The molecule has 3 rings (SSSR count). The van der Waals surface area contributed by atoms with Crippen LogP contribution >= 0.6 is 0 Å². The molecule has 20 heavy (non-hydrogen) atoms. The molecule has 0 fully saturated rings. The molecule has 1 N–H and O–H groups in total. The summed E-state index contributed by atoms with van der Waals surface area (Å²) in [5, 5.41) is 6.27. The van der Waals surface area contributed by atoms with Crippen LogP contribution in [0.1, 0.15) is 10.7 Å². The van der Waals surface area contributed by atoms with E-state index in [1.165, 1.54) is 24.8 Å². The summed E-state index contributed by atoms with van der Waals surface area (Å²) in [6, 6.07) is 3.40. The molecule has 3 aromatic heterocycles. The summed E-state index contributed by atoms with van der Waals surface area (Å²) in [5.41, 5.74) is 0.966. The lowest BCUT2D eigenvalue weighted by atomic mass is 10.4. The van der Waals surface area contributed by atoms with Crippen molar-refractivity contribution in [1.29, 1.82) is 0 Å². The van der Waals surface area contributed by atoms with E-state index in [0.29, 0.717) is 11.4 Å². The van der Waals surface area contributed by atoms with Gasteiger partial charge in [-0.25, -0.2) is 4.98 Å². The highest BCUT2D eigenvalue weighted by Gasteiger charge is 2.16. The van der Waals surface area contributed by atoms with Crippen LogP contribution in [0, 0.1) is 0 Å². The van der Waals surface area contributed by atoms with Gasteiger partial charge in [-0.1, -0.05) is 5.16 Å². The van der Waals surface area contributed by atoms with Crippen LogP contribution in [-0.4, -0.2) is 31.0 Å². The van der Waals surface area contributed by atoms with Gasteiger partial charge in [-0.15, -0.1) is 0 Å². The van der Waals surface area contributed by atoms with Crippen molar-refractivity contribution in [2.45, 2.75) is 0 Å². The third kappa shape index (κ3) is 2.48. The molecule has 0 saturated heterocycles. The van der Waals surface area contributed by atoms with Crippen LogP contribution in [0.3, 0.4) is 0 Å². The van der Waals surface area contributed by atoms with Gasteiger partial charge in [-0.2, -0.15) is 4.98 Å². The third-order valence-corrected chi connectivity index (χ3v) is 2.33. The number of rotatable bonds is 3. The normalized spacial score (nSPS) is 10.2. The molecule has 0 aliphatic rings. The molecule has 0 unspecified atom stereocenters. The smallest absolute Gasteiger partial charge is 0.316 e. The standard InChI is InChI=1S/C12H8N6O2/c19-11(16-8-2-1-3-13-6-8)12-17-10(18-20-12)9-7-14-4-5-15-9/h1-7H,(H,16,19). The van der Waals surface area contributed by atoms with Crippen molar-refractivity contribution in [3.8, 4) is 11.5 Å². The van der Waals surface area contributed by atoms with Gasteiger partial charge in [0.15, 0.2) is 0 Å². The van der Waals surface area contributed by atoms with Crippen molar-refractivity contribution in [3.05, 3.63) is 49.0 Å². The van der Waals surface area contributed by atoms with E-state index < -0.39 is 5.91 Å². The Bertz CT molecular complexity index is 713. The van der Waals surface area contributed by atoms with Crippen LogP contribution in [0.15, 0.2) is 47.6 Å². The van der Waals surface area contributed by atoms with Gasteiger partial charge < -0.3 is 9.84 Å². The largest absolute Gasteiger partial charge is 0.328 e. The number of carbonyl (C=O) groups is 1. The average Bonchev–Trinajstić information content (AvgIpc) is 2.99. The zero-order chi connectivity index (χ0) is 13.8. The first-order valence-corrected chi connectivity index (χ1v) is 5.64. The quantitative estimate of drug-likeness (QED) is 0.759. The van der Waals surface area contributed by atoms with Gasteiger partial charge in [0.25, 0.3) is 0 Å². The molecule has 0 saturated carbocycles. The summed E-state index contributed by atoms with van der Waals surface area (Å²) in [6.45, 7) is 0. The number of nitrogens with one attached hydrogen (secondary N) is 1. The third-order valence-electron chi connectivity index (χ3n) is 2.33. The van der Waals surface area contributed by atoms with E-state index in [9.17, 15) is 4.79 Å². The Kier molecular flexibility index (Phi) is 3.11. The van der Waals surface area contributed by atoms with E-state index >= 15 is 0 Å². The number of aromatic nitrogens is 5. The fraction of sp³-hybridized carbons (Fsp3) is 0. The summed E-state index contributed by atoms with van der Waals surface area (Å²) in [5.74, 6) is -0.468. The number of hydrogen-bond donors (Lipinski definition) is 1. The number of carbonyl (C=O) groups excluding carboxylic acids is 1. The second-order valence-corrected chi connectivity index (χ2v) is 3.71. The lowest BCUT2D eigenvalue weighted by molar-refractivity contribution is 0.0981. The zero-order valence-corrected chi connectivity index (χ0v) is 10.1. The summed E-state index contributed by atoms with van der Waals surface area (Å²) < 4.78 is 4.89.